The molecule has 3 rings (SSSR count). The van der Waals surface area contributed by atoms with Crippen LogP contribution in [0.15, 0.2) is 0 Å². The molecule has 0 atom stereocenters. The zero-order chi connectivity index (χ0) is 16.1. The van der Waals surface area contributed by atoms with Crippen molar-refractivity contribution in [2.75, 3.05) is 39.4 Å². The van der Waals surface area contributed by atoms with E-state index in [4.69, 9.17) is 4.74 Å². The highest BCUT2D eigenvalue weighted by molar-refractivity contribution is 5.80. The Labute approximate surface area is 139 Å². The number of morpholine rings is 1. The Balaban J connectivity index is 1.38. The third kappa shape index (κ3) is 4.46. The van der Waals surface area contributed by atoms with Crippen LogP contribution in [0.25, 0.3) is 0 Å². The van der Waals surface area contributed by atoms with Crippen molar-refractivity contribution in [1.29, 1.82) is 0 Å². The number of nitrogens with zero attached hydrogens (tertiary/aromatic N) is 2. The van der Waals surface area contributed by atoms with E-state index in [9.17, 15) is 9.59 Å². The zero-order valence-corrected chi connectivity index (χ0v) is 14.2. The molecule has 5 nitrogen and oxygen atoms in total. The van der Waals surface area contributed by atoms with Crippen molar-refractivity contribution < 1.29 is 14.3 Å². The molecular weight excluding hydrogens is 292 g/mol. The Morgan fingerprint density at radius 3 is 2.17 bits per heavy atom. The van der Waals surface area contributed by atoms with Gasteiger partial charge in [0.25, 0.3) is 0 Å². The number of carbonyl (C=O) groups excluding carboxylic acids is 2. The quantitative estimate of drug-likeness (QED) is 0.796. The summed E-state index contributed by atoms with van der Waals surface area (Å²) in [7, 11) is 0. The molecule has 0 aromatic rings. The Bertz CT molecular complexity index is 406. The average molecular weight is 322 g/mol. The first kappa shape index (κ1) is 16.7. The summed E-state index contributed by atoms with van der Waals surface area (Å²) in [6, 6.07) is 0. The highest BCUT2D eigenvalue weighted by Crippen LogP contribution is 2.29. The maximum Gasteiger partial charge on any atom is 0.225 e. The highest BCUT2D eigenvalue weighted by atomic mass is 16.5. The lowest BCUT2D eigenvalue weighted by Crippen LogP contribution is -2.47. The number of rotatable bonds is 4. The third-order valence-electron chi connectivity index (χ3n) is 5.76. The van der Waals surface area contributed by atoms with Gasteiger partial charge in [-0.25, -0.2) is 0 Å². The Hall–Kier alpha value is -1.10. The number of amides is 2. The SMILES string of the molecule is O=C(CCC1CCCC1)N1CCC(C(=O)N2CCOCC2)CC1. The minimum Gasteiger partial charge on any atom is -0.378 e. The second-order valence-corrected chi connectivity index (χ2v) is 7.28. The van der Waals surface area contributed by atoms with Gasteiger partial charge in [-0.15, -0.1) is 0 Å². The van der Waals surface area contributed by atoms with Gasteiger partial charge >= 0.3 is 0 Å². The van der Waals surface area contributed by atoms with Crippen LogP contribution in [-0.4, -0.2) is 61.0 Å². The first-order valence-electron chi connectivity index (χ1n) is 9.38. The molecule has 3 aliphatic rings. The summed E-state index contributed by atoms with van der Waals surface area (Å²) in [5.41, 5.74) is 0. The molecule has 2 heterocycles. The lowest BCUT2D eigenvalue weighted by molar-refractivity contribution is -0.143. The van der Waals surface area contributed by atoms with E-state index < -0.39 is 0 Å². The van der Waals surface area contributed by atoms with Gasteiger partial charge in [0, 0.05) is 38.5 Å². The summed E-state index contributed by atoms with van der Waals surface area (Å²) in [5, 5.41) is 0. The maximum absolute atomic E-state index is 12.5. The van der Waals surface area contributed by atoms with Crippen LogP contribution in [0.2, 0.25) is 0 Å². The molecule has 2 aliphatic heterocycles. The third-order valence-corrected chi connectivity index (χ3v) is 5.76. The van der Waals surface area contributed by atoms with Crippen molar-refractivity contribution in [1.82, 2.24) is 9.80 Å². The van der Waals surface area contributed by atoms with E-state index in [-0.39, 0.29) is 11.8 Å². The van der Waals surface area contributed by atoms with E-state index in [1.807, 2.05) is 9.80 Å². The van der Waals surface area contributed by atoms with Crippen LogP contribution in [0.3, 0.4) is 0 Å². The molecule has 130 valence electrons. The smallest absolute Gasteiger partial charge is 0.225 e. The molecule has 0 aromatic carbocycles. The van der Waals surface area contributed by atoms with E-state index in [1.165, 1.54) is 25.7 Å². The van der Waals surface area contributed by atoms with E-state index >= 15 is 0 Å². The number of ether oxygens (including phenoxy) is 1. The molecule has 0 aromatic heterocycles. The standard InChI is InChI=1S/C18H30N2O3/c21-17(6-5-15-3-1-2-4-15)19-9-7-16(8-10-19)18(22)20-11-13-23-14-12-20/h15-16H,1-14H2. The molecule has 0 bridgehead atoms. The lowest BCUT2D eigenvalue weighted by Gasteiger charge is -2.35. The summed E-state index contributed by atoms with van der Waals surface area (Å²) in [5.74, 6) is 1.45. The molecule has 0 N–H and O–H groups in total. The Kier molecular flexibility index (Phi) is 5.92. The molecule has 0 spiro atoms. The molecule has 2 amide bonds. The van der Waals surface area contributed by atoms with Gasteiger partial charge in [-0.3, -0.25) is 9.59 Å². The molecule has 23 heavy (non-hydrogen) atoms. The molecule has 3 fully saturated rings. The van der Waals surface area contributed by atoms with Gasteiger partial charge < -0.3 is 14.5 Å². The first-order valence-corrected chi connectivity index (χ1v) is 9.38. The van der Waals surface area contributed by atoms with Gasteiger partial charge in [0.2, 0.25) is 11.8 Å². The normalized spacial score (nSPS) is 24.2. The van der Waals surface area contributed by atoms with Gasteiger partial charge in [-0.05, 0) is 25.2 Å². The van der Waals surface area contributed by atoms with Crippen LogP contribution in [0.5, 0.6) is 0 Å². The molecule has 1 saturated carbocycles. The number of likely N-dealkylation sites (tertiary alicyclic amines) is 1. The van der Waals surface area contributed by atoms with E-state index in [2.05, 4.69) is 0 Å². The predicted molar refractivity (Wildman–Crippen MR) is 87.9 cm³/mol. The van der Waals surface area contributed by atoms with Crippen molar-refractivity contribution in [2.24, 2.45) is 11.8 Å². The number of hydrogen-bond donors (Lipinski definition) is 0. The zero-order valence-electron chi connectivity index (χ0n) is 14.2. The minimum absolute atomic E-state index is 0.104. The van der Waals surface area contributed by atoms with Crippen LogP contribution >= 0.6 is 0 Å². The fraction of sp³-hybridized carbons (Fsp3) is 0.889. The second kappa shape index (κ2) is 8.13. The first-order chi connectivity index (χ1) is 11.2. The molecule has 0 radical (unpaired) electrons. The van der Waals surface area contributed by atoms with Crippen LogP contribution < -0.4 is 0 Å². The summed E-state index contributed by atoms with van der Waals surface area (Å²) in [4.78, 5) is 28.8. The molecule has 5 heteroatoms. The topological polar surface area (TPSA) is 49.9 Å². The second-order valence-electron chi connectivity index (χ2n) is 7.28. The molecule has 0 unspecified atom stereocenters. The Morgan fingerprint density at radius 1 is 0.870 bits per heavy atom. The summed E-state index contributed by atoms with van der Waals surface area (Å²) in [6.45, 7) is 4.27. The largest absolute Gasteiger partial charge is 0.378 e. The van der Waals surface area contributed by atoms with Crippen LogP contribution in [-0.2, 0) is 14.3 Å². The van der Waals surface area contributed by atoms with Crippen LogP contribution in [0.4, 0.5) is 0 Å². The van der Waals surface area contributed by atoms with Gasteiger partial charge in [0.15, 0.2) is 0 Å². The number of hydrogen-bond acceptors (Lipinski definition) is 3. The van der Waals surface area contributed by atoms with Gasteiger partial charge in [-0.1, -0.05) is 25.7 Å². The number of carbonyl (C=O) groups is 2. The molecule has 2 saturated heterocycles. The van der Waals surface area contributed by atoms with Crippen molar-refractivity contribution in [3.63, 3.8) is 0 Å². The average Bonchev–Trinajstić information content (AvgIpc) is 3.13. The van der Waals surface area contributed by atoms with Crippen molar-refractivity contribution >= 4 is 11.8 Å². The van der Waals surface area contributed by atoms with Gasteiger partial charge in [0.1, 0.15) is 0 Å². The summed E-state index contributed by atoms with van der Waals surface area (Å²) >= 11 is 0. The van der Waals surface area contributed by atoms with Gasteiger partial charge in [-0.2, -0.15) is 0 Å². The predicted octanol–water partition coefficient (Wildman–Crippen LogP) is 2.05. The van der Waals surface area contributed by atoms with E-state index in [0.717, 1.165) is 51.4 Å². The summed E-state index contributed by atoms with van der Waals surface area (Å²) < 4.78 is 5.31. The minimum atomic E-state index is 0.104. The van der Waals surface area contributed by atoms with Crippen molar-refractivity contribution in [3.05, 3.63) is 0 Å². The fourth-order valence-corrected chi connectivity index (χ4v) is 4.20. The maximum atomic E-state index is 12.5. The van der Waals surface area contributed by atoms with Crippen molar-refractivity contribution in [3.8, 4) is 0 Å². The fourth-order valence-electron chi connectivity index (χ4n) is 4.20. The lowest BCUT2D eigenvalue weighted by atomic mass is 9.94. The molecule has 1 aliphatic carbocycles. The molecular formula is C18H30N2O3. The summed E-state index contributed by atoms with van der Waals surface area (Å²) in [6.07, 6.45) is 8.71. The highest BCUT2D eigenvalue weighted by Gasteiger charge is 2.31. The van der Waals surface area contributed by atoms with Crippen LogP contribution in [0.1, 0.15) is 51.4 Å². The monoisotopic (exact) mass is 322 g/mol. The Morgan fingerprint density at radius 2 is 1.52 bits per heavy atom. The van der Waals surface area contributed by atoms with Crippen molar-refractivity contribution in [2.45, 2.75) is 51.4 Å². The number of piperidine rings is 1. The van der Waals surface area contributed by atoms with E-state index in [1.54, 1.807) is 0 Å². The van der Waals surface area contributed by atoms with E-state index in [0.29, 0.717) is 25.5 Å². The van der Waals surface area contributed by atoms with Gasteiger partial charge in [0.05, 0.1) is 13.2 Å². The van der Waals surface area contributed by atoms with Crippen LogP contribution in [0, 0.1) is 11.8 Å².